The zero-order chi connectivity index (χ0) is 16.7. The van der Waals surface area contributed by atoms with E-state index in [0.717, 1.165) is 34.5 Å². The number of aromatic nitrogens is 4. The molecule has 6 nitrogen and oxygen atoms in total. The molecule has 120 valence electrons. The van der Waals surface area contributed by atoms with Crippen molar-refractivity contribution in [2.24, 2.45) is 7.05 Å². The van der Waals surface area contributed by atoms with Crippen molar-refractivity contribution in [1.82, 2.24) is 19.3 Å². The molecule has 0 aliphatic carbocycles. The first kappa shape index (κ1) is 15.3. The van der Waals surface area contributed by atoms with Crippen LogP contribution in [0.3, 0.4) is 0 Å². The van der Waals surface area contributed by atoms with Crippen molar-refractivity contribution in [3.05, 3.63) is 40.7 Å². The van der Waals surface area contributed by atoms with Gasteiger partial charge in [-0.2, -0.15) is 5.10 Å². The normalized spacial score (nSPS) is 11.2. The van der Waals surface area contributed by atoms with E-state index in [-0.39, 0.29) is 5.91 Å². The van der Waals surface area contributed by atoms with Crippen LogP contribution in [0.25, 0.3) is 11.0 Å². The predicted octanol–water partition coefficient (Wildman–Crippen LogP) is 2.97. The number of nitrogens with zero attached hydrogens (tertiary/aromatic N) is 4. The number of aryl methyl sites for hydroxylation is 4. The van der Waals surface area contributed by atoms with Gasteiger partial charge < -0.3 is 4.57 Å². The van der Waals surface area contributed by atoms with Crippen molar-refractivity contribution >= 4 is 22.9 Å². The van der Waals surface area contributed by atoms with Gasteiger partial charge in [0.2, 0.25) is 5.95 Å². The van der Waals surface area contributed by atoms with Crippen molar-refractivity contribution in [2.75, 3.05) is 5.32 Å². The highest BCUT2D eigenvalue weighted by Gasteiger charge is 2.20. The number of carbonyl (C=O) groups is 1. The fourth-order valence-corrected chi connectivity index (χ4v) is 2.92. The average molecular weight is 311 g/mol. The molecule has 3 aromatic rings. The molecule has 3 rings (SSSR count). The second-order valence-electron chi connectivity index (χ2n) is 5.80. The highest BCUT2D eigenvalue weighted by atomic mass is 16.1. The number of fused-ring (bicyclic) bond motifs is 1. The number of rotatable bonds is 3. The topological polar surface area (TPSA) is 64.7 Å². The van der Waals surface area contributed by atoms with Crippen LogP contribution in [0.2, 0.25) is 0 Å². The molecule has 2 aromatic heterocycles. The SMILES string of the molecule is CCn1c(NC(=O)c2c(C)nn(C)c2C)nc2cc(C)ccc21. The Labute approximate surface area is 135 Å². The first-order valence-corrected chi connectivity index (χ1v) is 7.70. The number of carbonyl (C=O) groups excluding carboxylic acids is 1. The summed E-state index contributed by atoms with van der Waals surface area (Å²) in [6.07, 6.45) is 0. The maximum absolute atomic E-state index is 12.7. The second kappa shape index (κ2) is 5.53. The number of nitrogens with one attached hydrogen (secondary N) is 1. The first-order valence-electron chi connectivity index (χ1n) is 7.70. The fourth-order valence-electron chi connectivity index (χ4n) is 2.92. The van der Waals surface area contributed by atoms with Gasteiger partial charge in [-0.25, -0.2) is 4.98 Å². The second-order valence-corrected chi connectivity index (χ2v) is 5.80. The van der Waals surface area contributed by atoms with Gasteiger partial charge in [-0.1, -0.05) is 6.07 Å². The minimum Gasteiger partial charge on any atom is -0.310 e. The number of amides is 1. The van der Waals surface area contributed by atoms with Gasteiger partial charge in [0.15, 0.2) is 0 Å². The summed E-state index contributed by atoms with van der Waals surface area (Å²) in [5.74, 6) is 0.399. The third kappa shape index (κ3) is 2.50. The van der Waals surface area contributed by atoms with Crippen LogP contribution in [0.4, 0.5) is 5.95 Å². The van der Waals surface area contributed by atoms with Gasteiger partial charge in [0.25, 0.3) is 5.91 Å². The number of anilines is 1. The summed E-state index contributed by atoms with van der Waals surface area (Å²) in [7, 11) is 1.84. The molecule has 1 aromatic carbocycles. The molecule has 0 unspecified atom stereocenters. The van der Waals surface area contributed by atoms with Crippen molar-refractivity contribution in [3.63, 3.8) is 0 Å². The van der Waals surface area contributed by atoms with Gasteiger partial charge in [-0.3, -0.25) is 14.8 Å². The lowest BCUT2D eigenvalue weighted by molar-refractivity contribution is 0.102. The molecule has 0 saturated heterocycles. The quantitative estimate of drug-likeness (QED) is 0.809. The standard InChI is InChI=1S/C17H21N5O/c1-6-22-14-8-7-10(2)9-13(14)18-17(22)19-16(23)15-11(3)20-21(5)12(15)4/h7-9H,6H2,1-5H3,(H,18,19,23). The zero-order valence-electron chi connectivity index (χ0n) is 14.1. The molecule has 2 heterocycles. The Morgan fingerprint density at radius 1 is 1.26 bits per heavy atom. The number of benzene rings is 1. The average Bonchev–Trinajstić information content (AvgIpc) is 2.95. The molecule has 0 aliphatic heterocycles. The van der Waals surface area contributed by atoms with Crippen LogP contribution in [0.1, 0.15) is 34.2 Å². The lowest BCUT2D eigenvalue weighted by Crippen LogP contribution is -2.17. The van der Waals surface area contributed by atoms with Gasteiger partial charge in [0.05, 0.1) is 22.3 Å². The lowest BCUT2D eigenvalue weighted by Gasteiger charge is -2.08. The molecule has 0 spiro atoms. The summed E-state index contributed by atoms with van der Waals surface area (Å²) < 4.78 is 3.73. The molecular weight excluding hydrogens is 290 g/mol. The minimum absolute atomic E-state index is 0.171. The van der Waals surface area contributed by atoms with Gasteiger partial charge in [0, 0.05) is 19.3 Å². The summed E-state index contributed by atoms with van der Waals surface area (Å²) in [5, 5.41) is 7.24. The van der Waals surface area contributed by atoms with Gasteiger partial charge in [-0.05, 0) is 45.4 Å². The number of imidazole rings is 1. The molecule has 6 heteroatoms. The van der Waals surface area contributed by atoms with E-state index < -0.39 is 0 Å². The Morgan fingerprint density at radius 2 is 2.00 bits per heavy atom. The van der Waals surface area contributed by atoms with Crippen molar-refractivity contribution < 1.29 is 4.79 Å². The molecular formula is C17H21N5O. The Balaban J connectivity index is 2.02. The van der Waals surface area contributed by atoms with E-state index in [4.69, 9.17) is 0 Å². The molecule has 0 radical (unpaired) electrons. The van der Waals surface area contributed by atoms with Crippen LogP contribution in [0.15, 0.2) is 18.2 Å². The first-order chi connectivity index (χ1) is 10.9. The van der Waals surface area contributed by atoms with Crippen molar-refractivity contribution in [1.29, 1.82) is 0 Å². The maximum Gasteiger partial charge on any atom is 0.261 e. The highest BCUT2D eigenvalue weighted by molar-refractivity contribution is 6.05. The Kier molecular flexibility index (Phi) is 3.67. The Morgan fingerprint density at radius 3 is 2.61 bits per heavy atom. The Bertz CT molecular complexity index is 903. The van der Waals surface area contributed by atoms with Gasteiger partial charge in [0.1, 0.15) is 0 Å². The molecule has 0 saturated carbocycles. The number of hydrogen-bond donors (Lipinski definition) is 1. The zero-order valence-corrected chi connectivity index (χ0v) is 14.1. The van der Waals surface area contributed by atoms with Crippen LogP contribution >= 0.6 is 0 Å². The van der Waals surface area contributed by atoms with Crippen molar-refractivity contribution in [3.8, 4) is 0 Å². The van der Waals surface area contributed by atoms with Crippen LogP contribution in [0.5, 0.6) is 0 Å². The minimum atomic E-state index is -0.171. The van der Waals surface area contributed by atoms with Crippen LogP contribution < -0.4 is 5.32 Å². The number of hydrogen-bond acceptors (Lipinski definition) is 3. The predicted molar refractivity (Wildman–Crippen MR) is 90.8 cm³/mol. The monoisotopic (exact) mass is 311 g/mol. The van der Waals surface area contributed by atoms with Crippen LogP contribution in [-0.2, 0) is 13.6 Å². The third-order valence-electron chi connectivity index (χ3n) is 4.18. The van der Waals surface area contributed by atoms with Crippen LogP contribution in [-0.4, -0.2) is 25.2 Å². The summed E-state index contributed by atoms with van der Waals surface area (Å²) in [6, 6.07) is 6.12. The highest BCUT2D eigenvalue weighted by Crippen LogP contribution is 2.22. The fraction of sp³-hybridized carbons (Fsp3) is 0.353. The summed E-state index contributed by atoms with van der Waals surface area (Å²) in [4.78, 5) is 17.2. The van der Waals surface area contributed by atoms with E-state index in [1.807, 2.05) is 51.4 Å². The van der Waals surface area contributed by atoms with E-state index in [0.29, 0.717) is 11.5 Å². The van der Waals surface area contributed by atoms with E-state index >= 15 is 0 Å². The molecule has 0 fully saturated rings. The van der Waals surface area contributed by atoms with E-state index in [9.17, 15) is 4.79 Å². The largest absolute Gasteiger partial charge is 0.310 e. The summed E-state index contributed by atoms with van der Waals surface area (Å²) in [5.41, 5.74) is 5.23. The molecule has 0 bridgehead atoms. The van der Waals surface area contributed by atoms with E-state index in [1.54, 1.807) is 4.68 Å². The molecule has 1 N–H and O–H groups in total. The van der Waals surface area contributed by atoms with Gasteiger partial charge in [-0.15, -0.1) is 0 Å². The molecule has 1 amide bonds. The third-order valence-corrected chi connectivity index (χ3v) is 4.18. The van der Waals surface area contributed by atoms with E-state index in [1.165, 1.54) is 0 Å². The molecule has 23 heavy (non-hydrogen) atoms. The maximum atomic E-state index is 12.7. The van der Waals surface area contributed by atoms with Crippen LogP contribution in [0, 0.1) is 20.8 Å². The smallest absolute Gasteiger partial charge is 0.261 e. The van der Waals surface area contributed by atoms with Gasteiger partial charge >= 0.3 is 0 Å². The molecule has 0 aliphatic rings. The van der Waals surface area contributed by atoms with E-state index in [2.05, 4.69) is 21.5 Å². The Hall–Kier alpha value is -2.63. The molecule has 0 atom stereocenters. The lowest BCUT2D eigenvalue weighted by atomic mass is 10.2. The summed E-state index contributed by atoms with van der Waals surface area (Å²) >= 11 is 0. The van der Waals surface area contributed by atoms with Crippen molar-refractivity contribution in [2.45, 2.75) is 34.2 Å². The summed E-state index contributed by atoms with van der Waals surface area (Å²) in [6.45, 7) is 8.54.